The zero-order valence-electron chi connectivity index (χ0n) is 5.26. The van der Waals surface area contributed by atoms with Gasteiger partial charge in [0.25, 0.3) is 5.91 Å². The molecule has 1 amide bonds. The Labute approximate surface area is 54.0 Å². The Morgan fingerprint density at radius 2 is 2.44 bits per heavy atom. The summed E-state index contributed by atoms with van der Waals surface area (Å²) in [5.41, 5.74) is 2.11. The van der Waals surface area contributed by atoms with Crippen molar-refractivity contribution in [2.24, 2.45) is 0 Å². The van der Waals surface area contributed by atoms with E-state index in [-0.39, 0.29) is 5.91 Å². The molecule has 0 rings (SSSR count). The molecule has 3 nitrogen and oxygen atoms in total. The van der Waals surface area contributed by atoms with Crippen molar-refractivity contribution in [3.8, 4) is 0 Å². The number of carbonyl (C=O) groups is 1. The summed E-state index contributed by atoms with van der Waals surface area (Å²) < 4.78 is 0. The normalized spacial score (nSPS) is 9.44. The highest BCUT2D eigenvalue weighted by molar-refractivity contribution is 5.86. The SMILES string of the molecule is C=CC=CC(=O)NOC. The van der Waals surface area contributed by atoms with Crippen LogP contribution >= 0.6 is 0 Å². The molecule has 0 atom stereocenters. The molecule has 0 aliphatic heterocycles. The van der Waals surface area contributed by atoms with Crippen LogP contribution in [0.3, 0.4) is 0 Å². The molecule has 0 saturated carbocycles. The molecular formula is C6H9NO2. The van der Waals surface area contributed by atoms with E-state index in [2.05, 4.69) is 16.9 Å². The summed E-state index contributed by atoms with van der Waals surface area (Å²) in [5.74, 6) is -0.294. The van der Waals surface area contributed by atoms with Crippen LogP contribution in [0, 0.1) is 0 Å². The lowest BCUT2D eigenvalue weighted by Crippen LogP contribution is -2.18. The van der Waals surface area contributed by atoms with Gasteiger partial charge in [-0.15, -0.1) is 0 Å². The molecule has 0 aromatic rings. The number of allylic oxidation sites excluding steroid dienone is 2. The summed E-state index contributed by atoms with van der Waals surface area (Å²) >= 11 is 0. The third kappa shape index (κ3) is 4.77. The molecule has 0 fully saturated rings. The molecule has 0 spiro atoms. The standard InChI is InChI=1S/C6H9NO2/c1-3-4-5-6(8)7-9-2/h3-5H,1H2,2H3,(H,7,8). The Morgan fingerprint density at radius 1 is 1.78 bits per heavy atom. The Bertz CT molecular complexity index is 129. The number of rotatable bonds is 3. The number of hydrogen-bond donors (Lipinski definition) is 1. The number of amides is 1. The van der Waals surface area contributed by atoms with Gasteiger partial charge in [-0.3, -0.25) is 9.63 Å². The van der Waals surface area contributed by atoms with Crippen molar-refractivity contribution in [3.05, 3.63) is 24.8 Å². The first kappa shape index (κ1) is 7.91. The van der Waals surface area contributed by atoms with Gasteiger partial charge < -0.3 is 0 Å². The lowest BCUT2D eigenvalue weighted by atomic mass is 10.5. The Hall–Kier alpha value is -1.09. The maximum Gasteiger partial charge on any atom is 0.267 e. The molecule has 0 aliphatic carbocycles. The highest BCUT2D eigenvalue weighted by Gasteiger charge is 1.87. The van der Waals surface area contributed by atoms with Crippen LogP contribution < -0.4 is 5.48 Å². The largest absolute Gasteiger partial charge is 0.277 e. The molecule has 50 valence electrons. The summed E-state index contributed by atoms with van der Waals surface area (Å²) in [6.45, 7) is 3.39. The predicted octanol–water partition coefficient (Wildman–Crippen LogP) is 0.406. The second-order valence-corrected chi connectivity index (χ2v) is 1.27. The van der Waals surface area contributed by atoms with Crippen molar-refractivity contribution >= 4 is 5.91 Å². The van der Waals surface area contributed by atoms with Gasteiger partial charge in [0.05, 0.1) is 7.11 Å². The molecule has 0 aliphatic rings. The van der Waals surface area contributed by atoms with E-state index < -0.39 is 0 Å². The van der Waals surface area contributed by atoms with Crippen molar-refractivity contribution in [1.29, 1.82) is 0 Å². The summed E-state index contributed by atoms with van der Waals surface area (Å²) in [6, 6.07) is 0. The van der Waals surface area contributed by atoms with Gasteiger partial charge in [-0.1, -0.05) is 18.7 Å². The van der Waals surface area contributed by atoms with Crippen LogP contribution in [0.1, 0.15) is 0 Å². The van der Waals surface area contributed by atoms with Crippen LogP contribution in [0.2, 0.25) is 0 Å². The molecule has 0 radical (unpaired) electrons. The van der Waals surface area contributed by atoms with Crippen LogP contribution in [-0.2, 0) is 9.63 Å². The van der Waals surface area contributed by atoms with E-state index in [0.29, 0.717) is 0 Å². The maximum absolute atomic E-state index is 10.4. The molecule has 0 bridgehead atoms. The predicted molar refractivity (Wildman–Crippen MR) is 34.5 cm³/mol. The van der Waals surface area contributed by atoms with Gasteiger partial charge in [-0.2, -0.15) is 0 Å². The molecule has 0 aromatic heterocycles. The average molecular weight is 127 g/mol. The van der Waals surface area contributed by atoms with Crippen molar-refractivity contribution in [2.75, 3.05) is 7.11 Å². The molecule has 0 aromatic carbocycles. The fourth-order valence-electron chi connectivity index (χ4n) is 0.290. The lowest BCUT2D eigenvalue weighted by molar-refractivity contribution is -0.126. The first-order valence-corrected chi connectivity index (χ1v) is 2.43. The van der Waals surface area contributed by atoms with Gasteiger partial charge in [-0.05, 0) is 0 Å². The fourth-order valence-corrected chi connectivity index (χ4v) is 0.290. The quantitative estimate of drug-likeness (QED) is 0.338. The van der Waals surface area contributed by atoms with Gasteiger partial charge in [0, 0.05) is 6.08 Å². The van der Waals surface area contributed by atoms with E-state index in [1.165, 1.54) is 25.3 Å². The first-order chi connectivity index (χ1) is 4.31. The Kier molecular flexibility index (Phi) is 4.44. The minimum absolute atomic E-state index is 0.294. The average Bonchev–Trinajstić information content (AvgIpc) is 1.85. The van der Waals surface area contributed by atoms with Crippen molar-refractivity contribution in [1.82, 2.24) is 5.48 Å². The first-order valence-electron chi connectivity index (χ1n) is 2.43. The highest BCUT2D eigenvalue weighted by atomic mass is 16.6. The van der Waals surface area contributed by atoms with Crippen molar-refractivity contribution in [3.63, 3.8) is 0 Å². The third-order valence-corrected chi connectivity index (χ3v) is 0.586. The fraction of sp³-hybridized carbons (Fsp3) is 0.167. The second-order valence-electron chi connectivity index (χ2n) is 1.27. The van der Waals surface area contributed by atoms with Crippen molar-refractivity contribution < 1.29 is 9.63 Å². The third-order valence-electron chi connectivity index (χ3n) is 0.586. The molecule has 0 saturated heterocycles. The summed E-state index contributed by atoms with van der Waals surface area (Å²) in [6.07, 6.45) is 4.35. The van der Waals surface area contributed by atoms with E-state index in [4.69, 9.17) is 0 Å². The van der Waals surface area contributed by atoms with Crippen molar-refractivity contribution in [2.45, 2.75) is 0 Å². The minimum atomic E-state index is -0.294. The molecule has 0 unspecified atom stereocenters. The van der Waals surface area contributed by atoms with Crippen LogP contribution in [-0.4, -0.2) is 13.0 Å². The topological polar surface area (TPSA) is 38.3 Å². The summed E-state index contributed by atoms with van der Waals surface area (Å²) in [4.78, 5) is 14.7. The van der Waals surface area contributed by atoms with Gasteiger partial charge in [-0.25, -0.2) is 5.48 Å². The highest BCUT2D eigenvalue weighted by Crippen LogP contribution is 1.72. The maximum atomic E-state index is 10.4. The Balaban J connectivity index is 3.49. The van der Waals surface area contributed by atoms with Gasteiger partial charge in [0.15, 0.2) is 0 Å². The number of nitrogens with one attached hydrogen (secondary N) is 1. The smallest absolute Gasteiger partial charge is 0.267 e. The molecular weight excluding hydrogens is 118 g/mol. The minimum Gasteiger partial charge on any atom is -0.277 e. The van der Waals surface area contributed by atoms with Crippen LogP contribution in [0.5, 0.6) is 0 Å². The summed E-state index contributed by atoms with van der Waals surface area (Å²) in [7, 11) is 1.37. The van der Waals surface area contributed by atoms with Gasteiger partial charge >= 0.3 is 0 Å². The zero-order valence-corrected chi connectivity index (χ0v) is 5.26. The van der Waals surface area contributed by atoms with E-state index in [1.807, 2.05) is 0 Å². The monoisotopic (exact) mass is 127 g/mol. The van der Waals surface area contributed by atoms with Crippen LogP contribution in [0.25, 0.3) is 0 Å². The van der Waals surface area contributed by atoms with Crippen LogP contribution in [0.4, 0.5) is 0 Å². The lowest BCUT2D eigenvalue weighted by Gasteiger charge is -1.92. The summed E-state index contributed by atoms with van der Waals surface area (Å²) in [5, 5.41) is 0. The number of hydroxylamine groups is 1. The van der Waals surface area contributed by atoms with E-state index in [9.17, 15) is 4.79 Å². The molecule has 3 heteroatoms. The van der Waals surface area contributed by atoms with Gasteiger partial charge in [0.1, 0.15) is 0 Å². The Morgan fingerprint density at radius 3 is 2.89 bits per heavy atom. The van der Waals surface area contributed by atoms with Gasteiger partial charge in [0.2, 0.25) is 0 Å². The van der Waals surface area contributed by atoms with E-state index >= 15 is 0 Å². The van der Waals surface area contributed by atoms with E-state index in [0.717, 1.165) is 0 Å². The van der Waals surface area contributed by atoms with Crippen LogP contribution in [0.15, 0.2) is 24.8 Å². The number of hydrogen-bond acceptors (Lipinski definition) is 2. The second kappa shape index (κ2) is 5.05. The number of carbonyl (C=O) groups excluding carboxylic acids is 1. The molecule has 1 N–H and O–H groups in total. The molecule has 9 heavy (non-hydrogen) atoms. The zero-order chi connectivity index (χ0) is 7.11. The van der Waals surface area contributed by atoms with E-state index in [1.54, 1.807) is 0 Å². The molecule has 0 heterocycles.